The zero-order chi connectivity index (χ0) is 14.5. The fraction of sp³-hybridized carbons (Fsp3) is 0.286. The van der Waals surface area contributed by atoms with Crippen LogP contribution in [0, 0.1) is 0 Å². The SMILES string of the molecule is CS(=O)CCCNC(=O)c1ccc(Cl)c2cccnc12. The highest BCUT2D eigenvalue weighted by Gasteiger charge is 2.12. The zero-order valence-electron chi connectivity index (χ0n) is 11.1. The molecule has 1 aromatic heterocycles. The molecule has 0 saturated carbocycles. The Morgan fingerprint density at radius 3 is 2.95 bits per heavy atom. The van der Waals surface area contributed by atoms with E-state index in [0.29, 0.717) is 34.8 Å². The van der Waals surface area contributed by atoms with Gasteiger partial charge in [0.2, 0.25) is 0 Å². The Hall–Kier alpha value is -1.46. The van der Waals surface area contributed by atoms with Gasteiger partial charge in [0.15, 0.2) is 0 Å². The summed E-state index contributed by atoms with van der Waals surface area (Å²) in [6.07, 6.45) is 3.97. The summed E-state index contributed by atoms with van der Waals surface area (Å²) in [4.78, 5) is 16.4. The lowest BCUT2D eigenvalue weighted by atomic mass is 10.1. The molecular formula is C14H15ClN2O2S. The second-order valence-electron chi connectivity index (χ2n) is 4.38. The van der Waals surface area contributed by atoms with E-state index >= 15 is 0 Å². The van der Waals surface area contributed by atoms with Crippen molar-refractivity contribution >= 4 is 39.2 Å². The van der Waals surface area contributed by atoms with Crippen molar-refractivity contribution in [2.45, 2.75) is 6.42 Å². The highest BCUT2D eigenvalue weighted by Crippen LogP contribution is 2.24. The van der Waals surface area contributed by atoms with Crippen molar-refractivity contribution in [3.63, 3.8) is 0 Å². The number of hydrogen-bond donors (Lipinski definition) is 1. The van der Waals surface area contributed by atoms with Crippen molar-refractivity contribution in [1.82, 2.24) is 10.3 Å². The number of aromatic nitrogens is 1. The largest absolute Gasteiger partial charge is 0.352 e. The fourth-order valence-electron chi connectivity index (χ4n) is 1.89. The smallest absolute Gasteiger partial charge is 0.253 e. The number of amides is 1. The maximum atomic E-state index is 12.1. The Kier molecular flexibility index (Phi) is 5.09. The zero-order valence-corrected chi connectivity index (χ0v) is 12.6. The van der Waals surface area contributed by atoms with E-state index in [1.165, 1.54) is 0 Å². The summed E-state index contributed by atoms with van der Waals surface area (Å²) in [6.45, 7) is 0.495. The van der Waals surface area contributed by atoms with Gasteiger partial charge in [0.25, 0.3) is 5.91 Å². The summed E-state index contributed by atoms with van der Waals surface area (Å²) in [5, 5.41) is 4.15. The van der Waals surface area contributed by atoms with Crippen LogP contribution < -0.4 is 5.32 Å². The van der Waals surface area contributed by atoms with E-state index in [9.17, 15) is 9.00 Å². The number of hydrogen-bond acceptors (Lipinski definition) is 3. The second kappa shape index (κ2) is 6.81. The maximum absolute atomic E-state index is 12.1. The van der Waals surface area contributed by atoms with E-state index in [1.54, 1.807) is 30.7 Å². The molecule has 1 aromatic carbocycles. The molecule has 1 unspecified atom stereocenters. The average Bonchev–Trinajstić information content (AvgIpc) is 2.44. The van der Waals surface area contributed by atoms with Gasteiger partial charge in [-0.1, -0.05) is 11.6 Å². The van der Waals surface area contributed by atoms with Crippen molar-refractivity contribution < 1.29 is 9.00 Å². The van der Waals surface area contributed by atoms with Gasteiger partial charge in [0.1, 0.15) is 0 Å². The van der Waals surface area contributed by atoms with E-state index in [0.717, 1.165) is 5.39 Å². The van der Waals surface area contributed by atoms with Crippen molar-refractivity contribution in [3.8, 4) is 0 Å². The number of nitrogens with zero attached hydrogens (tertiary/aromatic N) is 1. The van der Waals surface area contributed by atoms with Gasteiger partial charge in [0, 0.05) is 40.9 Å². The number of carbonyl (C=O) groups is 1. The topological polar surface area (TPSA) is 59.1 Å². The quantitative estimate of drug-likeness (QED) is 0.863. The third-order valence-electron chi connectivity index (χ3n) is 2.86. The van der Waals surface area contributed by atoms with Gasteiger partial charge in [-0.2, -0.15) is 0 Å². The van der Waals surface area contributed by atoms with E-state index in [1.807, 2.05) is 6.07 Å². The van der Waals surface area contributed by atoms with Gasteiger partial charge in [-0.3, -0.25) is 14.0 Å². The highest BCUT2D eigenvalue weighted by atomic mass is 35.5. The fourth-order valence-corrected chi connectivity index (χ4v) is 2.66. The summed E-state index contributed by atoms with van der Waals surface area (Å²) < 4.78 is 10.9. The van der Waals surface area contributed by atoms with Crippen molar-refractivity contribution in [1.29, 1.82) is 0 Å². The molecule has 0 fully saturated rings. The average molecular weight is 311 g/mol. The lowest BCUT2D eigenvalue weighted by Crippen LogP contribution is -2.25. The summed E-state index contributed by atoms with van der Waals surface area (Å²) in [5.74, 6) is 0.396. The molecule has 106 valence electrons. The predicted octanol–water partition coefficient (Wildman–Crippen LogP) is 2.39. The molecule has 0 bridgehead atoms. The molecule has 0 saturated heterocycles. The first-order valence-electron chi connectivity index (χ1n) is 6.21. The Labute approximate surface area is 125 Å². The van der Waals surface area contributed by atoms with E-state index in [2.05, 4.69) is 10.3 Å². The highest BCUT2D eigenvalue weighted by molar-refractivity contribution is 7.84. The van der Waals surface area contributed by atoms with Crippen LogP contribution in [0.1, 0.15) is 16.8 Å². The van der Waals surface area contributed by atoms with Gasteiger partial charge < -0.3 is 5.32 Å². The molecule has 2 aromatic rings. The van der Waals surface area contributed by atoms with Crippen molar-refractivity contribution in [2.75, 3.05) is 18.6 Å². The van der Waals surface area contributed by atoms with Crippen LogP contribution in [0.15, 0.2) is 30.5 Å². The number of benzene rings is 1. The maximum Gasteiger partial charge on any atom is 0.253 e. The summed E-state index contributed by atoms with van der Waals surface area (Å²) in [7, 11) is -0.831. The van der Waals surface area contributed by atoms with Gasteiger partial charge in [-0.05, 0) is 30.7 Å². The lowest BCUT2D eigenvalue weighted by Gasteiger charge is -2.08. The molecule has 1 atom stereocenters. The van der Waals surface area contributed by atoms with E-state index in [-0.39, 0.29) is 5.91 Å². The number of nitrogens with one attached hydrogen (secondary N) is 1. The Morgan fingerprint density at radius 2 is 2.20 bits per heavy atom. The van der Waals surface area contributed by atoms with Crippen LogP contribution in [0.3, 0.4) is 0 Å². The number of pyridine rings is 1. The molecule has 1 N–H and O–H groups in total. The van der Waals surface area contributed by atoms with Crippen LogP contribution >= 0.6 is 11.6 Å². The normalized spacial score (nSPS) is 12.3. The van der Waals surface area contributed by atoms with Crippen LogP contribution in [0.5, 0.6) is 0 Å². The van der Waals surface area contributed by atoms with Crippen molar-refractivity contribution in [3.05, 3.63) is 41.0 Å². The van der Waals surface area contributed by atoms with Crippen LogP contribution in [0.2, 0.25) is 5.02 Å². The number of carbonyl (C=O) groups excluding carboxylic acids is 1. The monoisotopic (exact) mass is 310 g/mol. The van der Waals surface area contributed by atoms with Gasteiger partial charge in [-0.15, -0.1) is 0 Å². The van der Waals surface area contributed by atoms with Crippen LogP contribution in [0.25, 0.3) is 10.9 Å². The first-order chi connectivity index (χ1) is 9.59. The minimum absolute atomic E-state index is 0.188. The third kappa shape index (κ3) is 3.55. The standard InChI is InChI=1S/C14H15ClN2O2S/c1-20(19)9-3-8-17-14(18)11-5-6-12(15)10-4-2-7-16-13(10)11/h2,4-7H,3,8-9H2,1H3,(H,17,18). The molecule has 2 rings (SSSR count). The number of rotatable bonds is 5. The van der Waals surface area contributed by atoms with Gasteiger partial charge >= 0.3 is 0 Å². The predicted molar refractivity (Wildman–Crippen MR) is 82.6 cm³/mol. The molecule has 1 amide bonds. The molecule has 0 aliphatic heterocycles. The molecule has 0 radical (unpaired) electrons. The molecule has 0 aliphatic rings. The van der Waals surface area contributed by atoms with Crippen LogP contribution in [-0.4, -0.2) is 33.7 Å². The molecule has 6 heteroatoms. The molecular weight excluding hydrogens is 296 g/mol. The molecule has 1 heterocycles. The van der Waals surface area contributed by atoms with Crippen LogP contribution in [-0.2, 0) is 10.8 Å². The Bertz CT molecular complexity index is 661. The molecule has 20 heavy (non-hydrogen) atoms. The minimum Gasteiger partial charge on any atom is -0.352 e. The summed E-state index contributed by atoms with van der Waals surface area (Å²) in [5.41, 5.74) is 1.10. The van der Waals surface area contributed by atoms with E-state index in [4.69, 9.17) is 11.6 Å². The Morgan fingerprint density at radius 1 is 1.40 bits per heavy atom. The van der Waals surface area contributed by atoms with Crippen LogP contribution in [0.4, 0.5) is 0 Å². The van der Waals surface area contributed by atoms with Gasteiger partial charge in [0.05, 0.1) is 16.1 Å². The lowest BCUT2D eigenvalue weighted by molar-refractivity contribution is 0.0955. The number of fused-ring (bicyclic) bond motifs is 1. The van der Waals surface area contributed by atoms with E-state index < -0.39 is 10.8 Å². The first kappa shape index (κ1) is 14.9. The molecule has 4 nitrogen and oxygen atoms in total. The van der Waals surface area contributed by atoms with Gasteiger partial charge in [-0.25, -0.2) is 0 Å². The first-order valence-corrected chi connectivity index (χ1v) is 8.31. The number of halogens is 1. The second-order valence-corrected chi connectivity index (χ2v) is 6.34. The van der Waals surface area contributed by atoms with Crippen molar-refractivity contribution in [2.24, 2.45) is 0 Å². The summed E-state index contributed by atoms with van der Waals surface area (Å²) >= 11 is 6.09. The minimum atomic E-state index is -0.831. The third-order valence-corrected chi connectivity index (χ3v) is 4.05. The Balaban J connectivity index is 2.14. The summed E-state index contributed by atoms with van der Waals surface area (Å²) in [6, 6.07) is 6.99. The molecule has 0 aliphatic carbocycles. The molecule has 0 spiro atoms.